The Hall–Kier alpha value is -2.81. The topological polar surface area (TPSA) is 97.4 Å². The van der Waals surface area contributed by atoms with Gasteiger partial charge in [-0.05, 0) is 26.3 Å². The summed E-state index contributed by atoms with van der Waals surface area (Å²) in [7, 11) is 1.27. The molecule has 0 aromatic heterocycles. The van der Waals surface area contributed by atoms with E-state index in [9.17, 15) is 14.4 Å². The SMILES string of the molecule is COC(=O)C(CN1CCN(C(=O)OC(C)(C)C)CC1)NC(=O)OCc1ccccc1. The van der Waals surface area contributed by atoms with Crippen molar-refractivity contribution in [1.82, 2.24) is 15.1 Å². The van der Waals surface area contributed by atoms with Gasteiger partial charge in [-0.3, -0.25) is 4.90 Å². The van der Waals surface area contributed by atoms with Gasteiger partial charge in [-0.25, -0.2) is 14.4 Å². The number of amides is 2. The molecule has 0 spiro atoms. The lowest BCUT2D eigenvalue weighted by Gasteiger charge is -2.36. The molecule has 0 aliphatic carbocycles. The molecule has 2 amide bonds. The van der Waals surface area contributed by atoms with Crippen LogP contribution in [0.15, 0.2) is 30.3 Å². The van der Waals surface area contributed by atoms with Crippen LogP contribution in [0, 0.1) is 0 Å². The average molecular weight is 421 g/mol. The van der Waals surface area contributed by atoms with E-state index in [2.05, 4.69) is 5.32 Å². The van der Waals surface area contributed by atoms with Crippen LogP contribution in [-0.4, -0.2) is 79.4 Å². The van der Waals surface area contributed by atoms with Gasteiger partial charge in [0.1, 0.15) is 18.2 Å². The largest absolute Gasteiger partial charge is 0.467 e. The minimum absolute atomic E-state index is 0.106. The first-order valence-electron chi connectivity index (χ1n) is 9.93. The number of alkyl carbamates (subject to hydrolysis) is 1. The van der Waals surface area contributed by atoms with E-state index in [1.807, 2.05) is 56.0 Å². The Labute approximate surface area is 177 Å². The van der Waals surface area contributed by atoms with Crippen LogP contribution in [0.3, 0.4) is 0 Å². The number of hydrogen-bond acceptors (Lipinski definition) is 7. The molecule has 1 aromatic rings. The maximum absolute atomic E-state index is 12.2. The Balaban J connectivity index is 1.83. The van der Waals surface area contributed by atoms with E-state index in [0.717, 1.165) is 5.56 Å². The van der Waals surface area contributed by atoms with Crippen molar-refractivity contribution < 1.29 is 28.6 Å². The summed E-state index contributed by atoms with van der Waals surface area (Å²) in [6.07, 6.45) is -1.05. The molecule has 9 nitrogen and oxygen atoms in total. The second kappa shape index (κ2) is 10.8. The second-order valence-electron chi connectivity index (χ2n) is 8.05. The number of ether oxygens (including phenoxy) is 3. The standard InChI is InChI=1S/C21H31N3O6/c1-21(2,3)30-20(27)24-12-10-23(11-13-24)14-17(18(25)28-4)22-19(26)29-15-16-8-6-5-7-9-16/h5-9,17H,10-15H2,1-4H3,(H,22,26). The Morgan fingerprint density at radius 2 is 1.70 bits per heavy atom. The Morgan fingerprint density at radius 1 is 1.07 bits per heavy atom. The molecular weight excluding hydrogens is 390 g/mol. The summed E-state index contributed by atoms with van der Waals surface area (Å²) in [6, 6.07) is 8.39. The van der Waals surface area contributed by atoms with Crippen molar-refractivity contribution in [3.63, 3.8) is 0 Å². The van der Waals surface area contributed by atoms with Gasteiger partial charge in [0.2, 0.25) is 0 Å². The number of carbonyl (C=O) groups excluding carboxylic acids is 3. The first-order chi connectivity index (χ1) is 14.2. The predicted molar refractivity (Wildman–Crippen MR) is 110 cm³/mol. The minimum Gasteiger partial charge on any atom is -0.467 e. The van der Waals surface area contributed by atoms with E-state index in [-0.39, 0.29) is 19.2 Å². The fourth-order valence-electron chi connectivity index (χ4n) is 2.93. The predicted octanol–water partition coefficient (Wildman–Crippen LogP) is 2.01. The van der Waals surface area contributed by atoms with Crippen LogP contribution < -0.4 is 5.32 Å². The molecule has 1 saturated heterocycles. The van der Waals surface area contributed by atoms with Crippen molar-refractivity contribution >= 4 is 18.2 Å². The molecule has 0 saturated carbocycles. The highest BCUT2D eigenvalue weighted by Gasteiger charge is 2.30. The number of nitrogens with zero attached hydrogens (tertiary/aromatic N) is 2. The van der Waals surface area contributed by atoms with E-state index in [4.69, 9.17) is 14.2 Å². The average Bonchev–Trinajstić information content (AvgIpc) is 2.71. The van der Waals surface area contributed by atoms with Crippen molar-refractivity contribution in [1.29, 1.82) is 0 Å². The summed E-state index contributed by atoms with van der Waals surface area (Å²) >= 11 is 0. The lowest BCUT2D eigenvalue weighted by Crippen LogP contribution is -2.55. The molecule has 0 radical (unpaired) electrons. The third-order valence-electron chi connectivity index (χ3n) is 4.46. The molecule has 1 N–H and O–H groups in total. The number of benzene rings is 1. The molecule has 1 unspecified atom stereocenters. The number of methoxy groups -OCH3 is 1. The number of hydrogen-bond donors (Lipinski definition) is 1. The highest BCUT2D eigenvalue weighted by Crippen LogP contribution is 2.12. The third-order valence-corrected chi connectivity index (χ3v) is 4.46. The molecule has 1 heterocycles. The van der Waals surface area contributed by atoms with Crippen molar-refractivity contribution in [3.05, 3.63) is 35.9 Å². The molecule has 0 bridgehead atoms. The van der Waals surface area contributed by atoms with Gasteiger partial charge in [-0.15, -0.1) is 0 Å². The van der Waals surface area contributed by atoms with Crippen LogP contribution in [0.4, 0.5) is 9.59 Å². The number of rotatable bonds is 6. The van der Waals surface area contributed by atoms with Crippen LogP contribution in [0.1, 0.15) is 26.3 Å². The van der Waals surface area contributed by atoms with Crippen LogP contribution in [0.25, 0.3) is 0 Å². The summed E-state index contributed by atoms with van der Waals surface area (Å²) < 4.78 is 15.4. The van der Waals surface area contributed by atoms with Gasteiger partial charge in [0, 0.05) is 32.7 Å². The van der Waals surface area contributed by atoms with Gasteiger partial charge in [-0.2, -0.15) is 0 Å². The number of esters is 1. The van der Waals surface area contributed by atoms with Crippen LogP contribution in [0.2, 0.25) is 0 Å². The van der Waals surface area contributed by atoms with E-state index in [1.54, 1.807) is 4.90 Å². The summed E-state index contributed by atoms with van der Waals surface area (Å²) in [5.74, 6) is -0.554. The summed E-state index contributed by atoms with van der Waals surface area (Å²) in [6.45, 7) is 7.88. The molecule has 166 valence electrons. The first-order valence-corrected chi connectivity index (χ1v) is 9.93. The van der Waals surface area contributed by atoms with Crippen molar-refractivity contribution in [3.8, 4) is 0 Å². The zero-order chi connectivity index (χ0) is 22.1. The highest BCUT2D eigenvalue weighted by molar-refractivity contribution is 5.81. The van der Waals surface area contributed by atoms with Crippen LogP contribution in [-0.2, 0) is 25.6 Å². The quantitative estimate of drug-likeness (QED) is 0.554. The minimum atomic E-state index is -0.869. The molecular formula is C21H31N3O6. The first kappa shape index (κ1) is 23.5. The van der Waals surface area contributed by atoms with Gasteiger partial charge in [-0.1, -0.05) is 30.3 Å². The Kier molecular flexibility index (Phi) is 8.46. The Bertz CT molecular complexity index is 711. The van der Waals surface area contributed by atoms with Crippen molar-refractivity contribution in [2.24, 2.45) is 0 Å². The van der Waals surface area contributed by atoms with Gasteiger partial charge in [0.05, 0.1) is 7.11 Å². The molecule has 2 rings (SSSR count). The Morgan fingerprint density at radius 3 is 2.27 bits per heavy atom. The molecule has 1 aliphatic rings. The number of nitrogens with one attached hydrogen (secondary N) is 1. The van der Waals surface area contributed by atoms with E-state index < -0.39 is 23.7 Å². The number of carbonyl (C=O) groups is 3. The summed E-state index contributed by atoms with van der Waals surface area (Å²) in [5, 5.41) is 2.57. The van der Waals surface area contributed by atoms with Crippen molar-refractivity contribution in [2.75, 3.05) is 39.8 Å². The zero-order valence-corrected chi connectivity index (χ0v) is 18.1. The van der Waals surface area contributed by atoms with Gasteiger partial charge in [0.15, 0.2) is 0 Å². The summed E-state index contributed by atoms with van der Waals surface area (Å²) in [4.78, 5) is 40.0. The van der Waals surface area contributed by atoms with Crippen molar-refractivity contribution in [2.45, 2.75) is 39.0 Å². The molecule has 30 heavy (non-hydrogen) atoms. The maximum Gasteiger partial charge on any atom is 0.410 e. The third kappa shape index (κ3) is 7.90. The molecule has 9 heteroatoms. The van der Waals surface area contributed by atoms with Gasteiger partial charge < -0.3 is 24.4 Å². The maximum atomic E-state index is 12.2. The van der Waals surface area contributed by atoms with Gasteiger partial charge >= 0.3 is 18.2 Å². The lowest BCUT2D eigenvalue weighted by molar-refractivity contribution is -0.143. The van der Waals surface area contributed by atoms with Gasteiger partial charge in [0.25, 0.3) is 0 Å². The summed E-state index contributed by atoms with van der Waals surface area (Å²) in [5.41, 5.74) is 0.300. The van der Waals surface area contributed by atoms with Crippen LogP contribution >= 0.6 is 0 Å². The number of piperazine rings is 1. The van der Waals surface area contributed by atoms with E-state index >= 15 is 0 Å². The second-order valence-corrected chi connectivity index (χ2v) is 8.05. The zero-order valence-electron chi connectivity index (χ0n) is 18.1. The monoisotopic (exact) mass is 421 g/mol. The fourth-order valence-corrected chi connectivity index (χ4v) is 2.93. The molecule has 1 atom stereocenters. The lowest BCUT2D eigenvalue weighted by atomic mass is 10.2. The molecule has 1 fully saturated rings. The molecule has 1 aromatic carbocycles. The smallest absolute Gasteiger partial charge is 0.410 e. The highest BCUT2D eigenvalue weighted by atomic mass is 16.6. The van der Waals surface area contributed by atoms with Crippen LogP contribution in [0.5, 0.6) is 0 Å². The van der Waals surface area contributed by atoms with E-state index in [0.29, 0.717) is 26.2 Å². The normalized spacial score (nSPS) is 15.8. The van der Waals surface area contributed by atoms with E-state index in [1.165, 1.54) is 7.11 Å². The fraction of sp³-hybridized carbons (Fsp3) is 0.571. The molecule has 1 aliphatic heterocycles.